The molecule has 26 heavy (non-hydrogen) atoms. The first-order valence-corrected chi connectivity index (χ1v) is 8.00. The van der Waals surface area contributed by atoms with Crippen molar-refractivity contribution in [3.8, 4) is 0 Å². The molecule has 11 nitrogen and oxygen atoms in total. The molecule has 0 radical (unpaired) electrons. The third-order valence-electron chi connectivity index (χ3n) is 3.82. The van der Waals surface area contributed by atoms with E-state index in [4.69, 9.17) is 9.47 Å². The quantitative estimate of drug-likeness (QED) is 0.429. The molecule has 0 aliphatic carbocycles. The number of rotatable bonds is 7. The molecule has 11 heteroatoms. The number of ether oxygens (including phenoxy) is 2. The van der Waals surface area contributed by atoms with Crippen molar-refractivity contribution >= 4 is 17.6 Å². The van der Waals surface area contributed by atoms with Crippen molar-refractivity contribution in [1.82, 2.24) is 14.9 Å². The lowest BCUT2D eigenvalue weighted by Crippen LogP contribution is -2.38. The van der Waals surface area contributed by atoms with Crippen LogP contribution in [-0.4, -0.2) is 70.2 Å². The number of carbonyl (C=O) groups excluding carboxylic acids is 2. The Morgan fingerprint density at radius 3 is 2.77 bits per heavy atom. The molecule has 2 unspecified atom stereocenters. The van der Waals surface area contributed by atoms with E-state index in [0.717, 1.165) is 4.57 Å². The monoisotopic (exact) mass is 370 g/mol. The van der Waals surface area contributed by atoms with E-state index >= 15 is 0 Å². The maximum absolute atomic E-state index is 12.2. The molecule has 4 atom stereocenters. The minimum absolute atomic E-state index is 0.00837. The second kappa shape index (κ2) is 8.85. The number of anilines is 1. The summed E-state index contributed by atoms with van der Waals surface area (Å²) in [4.78, 5) is 38.3. The van der Waals surface area contributed by atoms with Gasteiger partial charge in [0.05, 0.1) is 13.2 Å². The minimum Gasteiger partial charge on any atom is -0.394 e. The first-order valence-electron chi connectivity index (χ1n) is 8.00. The topological polar surface area (TPSA) is 152 Å². The lowest BCUT2D eigenvalue weighted by molar-refractivity contribution is -0.124. The van der Waals surface area contributed by atoms with Gasteiger partial charge >= 0.3 is 5.69 Å². The van der Waals surface area contributed by atoms with Crippen LogP contribution in [0, 0.1) is 0 Å². The Morgan fingerprint density at radius 2 is 2.19 bits per heavy atom. The number of aromatic nitrogens is 2. The number of hydrogen-bond donors (Lipinski definition) is 4. The fourth-order valence-corrected chi connectivity index (χ4v) is 2.54. The molecule has 2 amide bonds. The van der Waals surface area contributed by atoms with Gasteiger partial charge in [-0.25, -0.2) is 4.79 Å². The Labute approximate surface area is 148 Å². The van der Waals surface area contributed by atoms with Crippen molar-refractivity contribution in [3.05, 3.63) is 22.7 Å². The molecule has 2 rings (SSSR count). The summed E-state index contributed by atoms with van der Waals surface area (Å²) in [5.41, 5.74) is -0.730. The first-order chi connectivity index (χ1) is 12.4. The van der Waals surface area contributed by atoms with Gasteiger partial charge in [0.25, 0.3) is 0 Å². The average molecular weight is 370 g/mol. The van der Waals surface area contributed by atoms with E-state index in [1.807, 2.05) is 0 Å². The molecule has 144 valence electrons. The fourth-order valence-electron chi connectivity index (χ4n) is 2.54. The van der Waals surface area contributed by atoms with Crippen molar-refractivity contribution in [2.24, 2.45) is 0 Å². The molecule has 2 heterocycles. The summed E-state index contributed by atoms with van der Waals surface area (Å²) >= 11 is 0. The highest BCUT2D eigenvalue weighted by atomic mass is 16.6. The van der Waals surface area contributed by atoms with Gasteiger partial charge in [-0.05, 0) is 6.07 Å². The number of hydrogen-bond acceptors (Lipinski definition) is 8. The van der Waals surface area contributed by atoms with Crippen LogP contribution in [0.4, 0.5) is 5.82 Å². The van der Waals surface area contributed by atoms with Crippen LogP contribution in [0.5, 0.6) is 0 Å². The molecule has 1 saturated heterocycles. The molecule has 0 bridgehead atoms. The number of aliphatic hydroxyl groups is 2. The molecule has 0 aromatic carbocycles. The predicted octanol–water partition coefficient (Wildman–Crippen LogP) is -2.03. The van der Waals surface area contributed by atoms with E-state index in [1.165, 1.54) is 26.2 Å². The summed E-state index contributed by atoms with van der Waals surface area (Å²) in [6.45, 7) is 0.802. The summed E-state index contributed by atoms with van der Waals surface area (Å²) < 4.78 is 12.1. The van der Waals surface area contributed by atoms with Crippen LogP contribution in [-0.2, 0) is 19.1 Å². The SMILES string of the molecule is CNC(=O)CCOC1C(O)[C@@H](CO)O[C@H]1n1ccc(NC(C)=O)nc1=O. The van der Waals surface area contributed by atoms with Gasteiger partial charge < -0.3 is 30.3 Å². The Balaban J connectivity index is 2.19. The van der Waals surface area contributed by atoms with Gasteiger partial charge in [-0.3, -0.25) is 14.2 Å². The molecule has 1 aliphatic heterocycles. The van der Waals surface area contributed by atoms with Crippen molar-refractivity contribution in [2.45, 2.75) is 37.9 Å². The lowest BCUT2D eigenvalue weighted by Gasteiger charge is -2.22. The molecule has 1 aliphatic rings. The number of amides is 2. The number of nitrogens with one attached hydrogen (secondary N) is 2. The Kier molecular flexibility index (Phi) is 6.80. The summed E-state index contributed by atoms with van der Waals surface area (Å²) in [7, 11) is 1.49. The predicted molar refractivity (Wildman–Crippen MR) is 88.2 cm³/mol. The maximum Gasteiger partial charge on any atom is 0.351 e. The third-order valence-corrected chi connectivity index (χ3v) is 3.82. The van der Waals surface area contributed by atoms with E-state index in [-0.39, 0.29) is 30.7 Å². The van der Waals surface area contributed by atoms with Crippen molar-refractivity contribution in [3.63, 3.8) is 0 Å². The van der Waals surface area contributed by atoms with Gasteiger partial charge in [-0.1, -0.05) is 0 Å². The van der Waals surface area contributed by atoms with Crippen molar-refractivity contribution in [2.75, 3.05) is 25.6 Å². The fraction of sp³-hybridized carbons (Fsp3) is 0.600. The van der Waals surface area contributed by atoms with Crippen molar-refractivity contribution in [1.29, 1.82) is 0 Å². The summed E-state index contributed by atoms with van der Waals surface area (Å²) in [5, 5.41) is 24.4. The van der Waals surface area contributed by atoms with E-state index in [0.29, 0.717) is 0 Å². The van der Waals surface area contributed by atoms with E-state index in [2.05, 4.69) is 15.6 Å². The van der Waals surface area contributed by atoms with Crippen LogP contribution < -0.4 is 16.3 Å². The van der Waals surface area contributed by atoms with Gasteiger partial charge in [0.2, 0.25) is 11.8 Å². The van der Waals surface area contributed by atoms with Gasteiger partial charge in [0.15, 0.2) is 6.23 Å². The molecular weight excluding hydrogens is 348 g/mol. The van der Waals surface area contributed by atoms with Crippen LogP contribution in [0.25, 0.3) is 0 Å². The highest BCUT2D eigenvalue weighted by molar-refractivity contribution is 5.87. The number of carbonyl (C=O) groups is 2. The number of nitrogens with zero attached hydrogens (tertiary/aromatic N) is 2. The molecule has 4 N–H and O–H groups in total. The molecule has 0 saturated carbocycles. The Morgan fingerprint density at radius 1 is 1.46 bits per heavy atom. The normalized spacial score (nSPS) is 25.1. The van der Waals surface area contributed by atoms with Crippen LogP contribution >= 0.6 is 0 Å². The van der Waals surface area contributed by atoms with Gasteiger partial charge in [0, 0.05) is 26.6 Å². The Hall–Kier alpha value is -2.34. The van der Waals surface area contributed by atoms with E-state index in [9.17, 15) is 24.6 Å². The van der Waals surface area contributed by atoms with Crippen LogP contribution in [0.1, 0.15) is 19.6 Å². The van der Waals surface area contributed by atoms with Gasteiger partial charge in [0.1, 0.15) is 24.1 Å². The zero-order valence-corrected chi connectivity index (χ0v) is 14.4. The molecule has 1 fully saturated rings. The van der Waals surface area contributed by atoms with Gasteiger partial charge in [-0.2, -0.15) is 4.98 Å². The standard InChI is InChI=1S/C15H22N4O7/c1-8(21)17-10-3-5-19(15(24)18-10)14-13(12(23)9(7-20)26-14)25-6-4-11(22)16-2/h3,5,9,12-14,20,23H,4,6-7H2,1-2H3,(H,16,22)(H,17,18,21,24)/t9-,12?,13?,14-/m1/s1. The smallest absolute Gasteiger partial charge is 0.351 e. The minimum atomic E-state index is -1.20. The van der Waals surface area contributed by atoms with E-state index in [1.54, 1.807) is 0 Å². The van der Waals surface area contributed by atoms with Crippen molar-refractivity contribution < 1.29 is 29.3 Å². The van der Waals surface area contributed by atoms with Crippen LogP contribution in [0.3, 0.4) is 0 Å². The second-order valence-corrected chi connectivity index (χ2v) is 5.68. The molecule has 1 aromatic rings. The summed E-state index contributed by atoms with van der Waals surface area (Å²) in [6, 6.07) is 1.40. The zero-order chi connectivity index (χ0) is 19.3. The van der Waals surface area contributed by atoms with Crippen LogP contribution in [0.15, 0.2) is 17.1 Å². The maximum atomic E-state index is 12.2. The summed E-state index contributed by atoms with van der Waals surface area (Å²) in [6.07, 6.45) is -2.78. The lowest BCUT2D eigenvalue weighted by atomic mass is 10.1. The molecule has 1 aromatic heterocycles. The second-order valence-electron chi connectivity index (χ2n) is 5.68. The van der Waals surface area contributed by atoms with E-state index < -0.39 is 36.8 Å². The molecular formula is C15H22N4O7. The average Bonchev–Trinajstić information content (AvgIpc) is 2.90. The number of aliphatic hydroxyl groups excluding tert-OH is 2. The third kappa shape index (κ3) is 4.64. The molecule has 0 spiro atoms. The highest BCUT2D eigenvalue weighted by Crippen LogP contribution is 2.30. The highest BCUT2D eigenvalue weighted by Gasteiger charge is 2.45. The largest absolute Gasteiger partial charge is 0.394 e. The first kappa shape index (κ1) is 20.0. The Bertz CT molecular complexity index is 707. The summed E-state index contributed by atoms with van der Waals surface area (Å²) in [5.74, 6) is -0.543. The van der Waals surface area contributed by atoms with Crippen LogP contribution in [0.2, 0.25) is 0 Å². The van der Waals surface area contributed by atoms with Gasteiger partial charge in [-0.15, -0.1) is 0 Å². The zero-order valence-electron chi connectivity index (χ0n) is 14.4.